The number of carbonyl (C=O) groups excluding carboxylic acids is 2. The van der Waals surface area contributed by atoms with Crippen molar-refractivity contribution >= 4 is 11.9 Å². The van der Waals surface area contributed by atoms with Crippen LogP contribution in [0, 0.1) is 5.92 Å². The maximum Gasteiger partial charge on any atom is 0.381 e. The van der Waals surface area contributed by atoms with E-state index in [0.29, 0.717) is 0 Å². The summed E-state index contributed by atoms with van der Waals surface area (Å²) in [5.74, 6) is -6.29. The Morgan fingerprint density at radius 2 is 2.18 bits per heavy atom. The van der Waals surface area contributed by atoms with Crippen LogP contribution in [0.4, 0.5) is 8.78 Å². The fraction of sp³-hybridized carbons (Fsp3) is 0.300. The molecule has 1 fully saturated rings. The van der Waals surface area contributed by atoms with Crippen LogP contribution in [0.15, 0.2) is 24.4 Å². The highest BCUT2D eigenvalue weighted by molar-refractivity contribution is 5.89. The van der Waals surface area contributed by atoms with E-state index in [1.807, 2.05) is 0 Å². The van der Waals surface area contributed by atoms with E-state index in [4.69, 9.17) is 0 Å². The van der Waals surface area contributed by atoms with Gasteiger partial charge in [0.2, 0.25) is 0 Å². The van der Waals surface area contributed by atoms with Crippen LogP contribution in [0.1, 0.15) is 16.9 Å². The predicted octanol–water partition coefficient (Wildman–Crippen LogP) is 0.925. The van der Waals surface area contributed by atoms with Gasteiger partial charge in [-0.15, -0.1) is 0 Å². The normalized spacial score (nSPS) is 20.5. The number of rotatable bonds is 2. The van der Waals surface area contributed by atoms with Crippen LogP contribution in [0.5, 0.6) is 0 Å². The Bertz CT molecular complexity index is 450. The van der Waals surface area contributed by atoms with Gasteiger partial charge in [-0.3, -0.25) is 4.79 Å². The molecule has 7 heteroatoms. The smallest absolute Gasteiger partial charge is 0.334 e. The van der Waals surface area contributed by atoms with Crippen molar-refractivity contribution < 1.29 is 23.2 Å². The molecule has 1 aliphatic carbocycles. The van der Waals surface area contributed by atoms with Crippen molar-refractivity contribution in [1.29, 1.82) is 0 Å². The third-order valence-electron chi connectivity index (χ3n) is 2.26. The summed E-state index contributed by atoms with van der Waals surface area (Å²) in [6.45, 7) is 0. The lowest BCUT2D eigenvalue weighted by Crippen LogP contribution is -2.30. The molecule has 1 heterocycles. The summed E-state index contributed by atoms with van der Waals surface area (Å²) in [6.07, 6.45) is 0.855. The molecule has 1 aromatic rings. The monoisotopic (exact) mass is 242 g/mol. The van der Waals surface area contributed by atoms with Gasteiger partial charge >= 0.3 is 5.97 Å². The topological polar surface area (TPSA) is 68.3 Å². The molecule has 1 atom stereocenters. The van der Waals surface area contributed by atoms with Crippen LogP contribution >= 0.6 is 0 Å². The molecule has 90 valence electrons. The van der Waals surface area contributed by atoms with Crippen molar-refractivity contribution in [3.8, 4) is 0 Å². The van der Waals surface area contributed by atoms with Crippen LogP contribution < -0.4 is 5.48 Å². The standard InChI is InChI=1S/C10H8F2N2O3/c11-10(12)5-6(10)8(15)14-17-9(16)7-3-1-2-4-13-7/h1-4,6H,5H2,(H,14,15). The molecule has 0 aliphatic heterocycles. The SMILES string of the molecule is O=C(ONC(=O)C1CC1(F)F)c1ccccn1. The molecule has 2 rings (SSSR count). The molecule has 1 unspecified atom stereocenters. The highest BCUT2D eigenvalue weighted by atomic mass is 19.3. The molecule has 1 N–H and O–H groups in total. The molecule has 1 saturated carbocycles. The Labute approximate surface area is 94.7 Å². The summed E-state index contributed by atoms with van der Waals surface area (Å²) >= 11 is 0. The van der Waals surface area contributed by atoms with Crippen LogP contribution in [-0.2, 0) is 9.63 Å². The molecular weight excluding hydrogens is 234 g/mol. The second kappa shape index (κ2) is 4.08. The van der Waals surface area contributed by atoms with Crippen LogP contribution in [0.2, 0.25) is 0 Å². The van der Waals surface area contributed by atoms with E-state index in [1.165, 1.54) is 12.3 Å². The quantitative estimate of drug-likeness (QED) is 0.783. The number of hydrogen-bond acceptors (Lipinski definition) is 4. The van der Waals surface area contributed by atoms with E-state index in [9.17, 15) is 18.4 Å². The van der Waals surface area contributed by atoms with Gasteiger partial charge in [-0.05, 0) is 12.1 Å². The zero-order valence-electron chi connectivity index (χ0n) is 8.52. The van der Waals surface area contributed by atoms with Crippen molar-refractivity contribution in [3.05, 3.63) is 30.1 Å². The largest absolute Gasteiger partial charge is 0.381 e. The number of hydroxylamine groups is 1. The average Bonchev–Trinajstić information content (AvgIpc) is 2.96. The van der Waals surface area contributed by atoms with Crippen molar-refractivity contribution in [3.63, 3.8) is 0 Å². The van der Waals surface area contributed by atoms with E-state index in [1.54, 1.807) is 17.6 Å². The number of nitrogens with zero attached hydrogens (tertiary/aromatic N) is 1. The number of nitrogens with one attached hydrogen (secondary N) is 1. The van der Waals surface area contributed by atoms with Gasteiger partial charge in [-0.1, -0.05) is 6.07 Å². The number of aromatic nitrogens is 1. The molecule has 0 bridgehead atoms. The van der Waals surface area contributed by atoms with Crippen molar-refractivity contribution in [2.75, 3.05) is 0 Å². The highest BCUT2D eigenvalue weighted by Crippen LogP contribution is 2.48. The molecule has 1 aliphatic rings. The van der Waals surface area contributed by atoms with Crippen LogP contribution in [0.25, 0.3) is 0 Å². The number of hydrogen-bond donors (Lipinski definition) is 1. The Hall–Kier alpha value is -2.05. The van der Waals surface area contributed by atoms with E-state index in [0.717, 1.165) is 0 Å². The molecule has 1 aromatic heterocycles. The average molecular weight is 242 g/mol. The highest BCUT2D eigenvalue weighted by Gasteiger charge is 2.61. The maximum atomic E-state index is 12.5. The zero-order valence-corrected chi connectivity index (χ0v) is 8.52. The first-order valence-corrected chi connectivity index (χ1v) is 4.80. The molecule has 1 amide bonds. The minimum atomic E-state index is -2.98. The third kappa shape index (κ3) is 2.55. The maximum absolute atomic E-state index is 12.5. The summed E-state index contributed by atoms with van der Waals surface area (Å²) in [6, 6.07) is 4.53. The molecule has 0 spiro atoms. The molecule has 0 aromatic carbocycles. The molecule has 0 radical (unpaired) electrons. The number of halogens is 2. The van der Waals surface area contributed by atoms with Crippen molar-refractivity contribution in [2.45, 2.75) is 12.3 Å². The van der Waals surface area contributed by atoms with Crippen LogP contribution in [0.3, 0.4) is 0 Å². The first-order chi connectivity index (χ1) is 8.00. The van der Waals surface area contributed by atoms with Gasteiger partial charge in [0.05, 0.1) is 0 Å². The van der Waals surface area contributed by atoms with Gasteiger partial charge in [0.1, 0.15) is 5.92 Å². The third-order valence-corrected chi connectivity index (χ3v) is 2.26. The lowest BCUT2D eigenvalue weighted by molar-refractivity contribution is -0.133. The lowest BCUT2D eigenvalue weighted by atomic mass is 10.4. The Kier molecular flexibility index (Phi) is 2.74. The second-order valence-corrected chi connectivity index (χ2v) is 3.59. The second-order valence-electron chi connectivity index (χ2n) is 3.59. The first-order valence-electron chi connectivity index (χ1n) is 4.80. The van der Waals surface area contributed by atoms with Gasteiger partial charge in [0, 0.05) is 12.6 Å². The van der Waals surface area contributed by atoms with Gasteiger partial charge in [0.25, 0.3) is 11.8 Å². The van der Waals surface area contributed by atoms with Gasteiger partial charge in [0.15, 0.2) is 5.69 Å². The Morgan fingerprint density at radius 3 is 2.71 bits per heavy atom. The van der Waals surface area contributed by atoms with E-state index in [2.05, 4.69) is 9.82 Å². The predicted molar refractivity (Wildman–Crippen MR) is 50.8 cm³/mol. The fourth-order valence-corrected chi connectivity index (χ4v) is 1.20. The van der Waals surface area contributed by atoms with Crippen molar-refractivity contribution in [1.82, 2.24) is 10.5 Å². The Balaban J connectivity index is 1.83. The number of alkyl halides is 2. The zero-order chi connectivity index (χ0) is 12.5. The summed E-state index contributed by atoms with van der Waals surface area (Å²) < 4.78 is 25.0. The van der Waals surface area contributed by atoms with Gasteiger partial charge < -0.3 is 4.84 Å². The van der Waals surface area contributed by atoms with Gasteiger partial charge in [-0.25, -0.2) is 18.6 Å². The molecule has 5 nitrogen and oxygen atoms in total. The fourth-order valence-electron chi connectivity index (χ4n) is 1.20. The van der Waals surface area contributed by atoms with Crippen molar-refractivity contribution in [2.24, 2.45) is 5.92 Å². The minimum Gasteiger partial charge on any atom is -0.334 e. The summed E-state index contributed by atoms with van der Waals surface area (Å²) in [4.78, 5) is 30.4. The van der Waals surface area contributed by atoms with Crippen LogP contribution in [-0.4, -0.2) is 22.8 Å². The summed E-state index contributed by atoms with van der Waals surface area (Å²) in [5, 5.41) is 0. The number of amides is 1. The lowest BCUT2D eigenvalue weighted by Gasteiger charge is -2.04. The minimum absolute atomic E-state index is 0.0182. The molecule has 0 saturated heterocycles. The first kappa shape index (κ1) is 11.4. The van der Waals surface area contributed by atoms with E-state index < -0.39 is 30.1 Å². The van der Waals surface area contributed by atoms with E-state index in [-0.39, 0.29) is 5.69 Å². The summed E-state index contributed by atoms with van der Waals surface area (Å²) in [7, 11) is 0. The van der Waals surface area contributed by atoms with Gasteiger partial charge in [-0.2, -0.15) is 5.48 Å². The molecule has 17 heavy (non-hydrogen) atoms. The number of pyridine rings is 1. The van der Waals surface area contributed by atoms with E-state index >= 15 is 0 Å². The number of carbonyl (C=O) groups is 2. The Morgan fingerprint density at radius 1 is 1.47 bits per heavy atom. The summed E-state index contributed by atoms with van der Waals surface area (Å²) in [5.41, 5.74) is 1.67. The molecular formula is C10H8F2N2O3.